The second kappa shape index (κ2) is 9.84. The Kier molecular flexibility index (Phi) is 7.22. The summed E-state index contributed by atoms with van der Waals surface area (Å²) in [5.41, 5.74) is 1.42. The molecule has 156 valence electrons. The number of aryl methyl sites for hydroxylation is 1. The van der Waals surface area contributed by atoms with Gasteiger partial charge in [0.05, 0.1) is 12.3 Å². The zero-order valence-corrected chi connectivity index (χ0v) is 17.9. The maximum absolute atomic E-state index is 12.5. The third-order valence-corrected chi connectivity index (χ3v) is 5.99. The molecule has 3 rings (SSSR count). The highest BCUT2D eigenvalue weighted by Crippen LogP contribution is 2.26. The maximum Gasteiger partial charge on any atom is 0.513 e. The molecule has 1 fully saturated rings. The third-order valence-electron chi connectivity index (χ3n) is 4.94. The lowest BCUT2D eigenvalue weighted by Crippen LogP contribution is -2.32. The topological polar surface area (TPSA) is 80.8 Å². The predicted octanol–water partition coefficient (Wildman–Crippen LogP) is 4.47. The number of likely N-dealkylation sites (tertiary alicyclic amines) is 1. The number of ether oxygens (including phenoxy) is 2. The van der Waals surface area contributed by atoms with Gasteiger partial charge in [0.1, 0.15) is 5.75 Å². The van der Waals surface area contributed by atoms with Crippen LogP contribution in [-0.2, 0) is 11.3 Å². The number of nitrogens with one attached hydrogen (secondary N) is 1. The molecule has 2 aromatic rings. The first-order valence-electron chi connectivity index (χ1n) is 9.89. The van der Waals surface area contributed by atoms with Gasteiger partial charge in [-0.15, -0.1) is 11.3 Å². The third kappa shape index (κ3) is 6.01. The van der Waals surface area contributed by atoms with E-state index >= 15 is 0 Å². The Labute approximate surface area is 175 Å². The van der Waals surface area contributed by atoms with Gasteiger partial charge in [-0.1, -0.05) is 6.92 Å². The Morgan fingerprint density at radius 2 is 1.93 bits per heavy atom. The molecular weight excluding hydrogens is 390 g/mol. The first kappa shape index (κ1) is 21.3. The summed E-state index contributed by atoms with van der Waals surface area (Å²) >= 11 is 1.52. The number of benzene rings is 1. The molecule has 0 bridgehead atoms. The van der Waals surface area contributed by atoms with Gasteiger partial charge < -0.3 is 9.47 Å². The molecule has 29 heavy (non-hydrogen) atoms. The maximum atomic E-state index is 12.5. The van der Waals surface area contributed by atoms with Crippen molar-refractivity contribution >= 4 is 28.5 Å². The van der Waals surface area contributed by atoms with E-state index in [1.165, 1.54) is 29.1 Å². The van der Waals surface area contributed by atoms with Gasteiger partial charge in [0.25, 0.3) is 5.91 Å². The SMILES string of the molecule is CCOC(=O)Oc1ccc(C(=O)Nc2nc(C)c(CN3CCC(C)CC3)s2)cc1. The highest BCUT2D eigenvalue weighted by molar-refractivity contribution is 7.15. The lowest BCUT2D eigenvalue weighted by molar-refractivity contribution is 0.102. The average molecular weight is 418 g/mol. The minimum absolute atomic E-state index is 0.241. The smallest absolute Gasteiger partial charge is 0.434 e. The molecule has 8 heteroatoms. The number of carbonyl (C=O) groups is 2. The molecule has 0 spiro atoms. The number of anilines is 1. The summed E-state index contributed by atoms with van der Waals surface area (Å²) in [5, 5.41) is 3.46. The number of carbonyl (C=O) groups excluding carboxylic acids is 2. The van der Waals surface area contributed by atoms with Crippen LogP contribution in [0, 0.1) is 12.8 Å². The number of amides is 1. The molecule has 0 saturated carbocycles. The summed E-state index contributed by atoms with van der Waals surface area (Å²) in [6, 6.07) is 6.31. The number of aromatic nitrogens is 1. The van der Waals surface area contributed by atoms with Crippen LogP contribution >= 0.6 is 11.3 Å². The van der Waals surface area contributed by atoms with E-state index in [2.05, 4.69) is 22.1 Å². The molecule has 0 atom stereocenters. The molecule has 1 amide bonds. The van der Waals surface area contributed by atoms with Crippen molar-refractivity contribution in [1.29, 1.82) is 0 Å². The van der Waals surface area contributed by atoms with Crippen molar-refractivity contribution in [2.75, 3.05) is 25.0 Å². The van der Waals surface area contributed by atoms with Crippen LogP contribution in [0.2, 0.25) is 0 Å². The molecule has 1 aromatic heterocycles. The summed E-state index contributed by atoms with van der Waals surface area (Å²) in [7, 11) is 0. The number of nitrogens with zero attached hydrogens (tertiary/aromatic N) is 2. The van der Waals surface area contributed by atoms with Gasteiger partial charge in [0.2, 0.25) is 0 Å². The minimum atomic E-state index is -0.765. The standard InChI is InChI=1S/C21H27N3O4S/c1-4-27-21(26)28-17-7-5-16(6-8-17)19(25)23-20-22-15(3)18(29-20)13-24-11-9-14(2)10-12-24/h5-8,14H,4,9-13H2,1-3H3,(H,22,23,25). The van der Waals surface area contributed by atoms with Gasteiger partial charge in [0, 0.05) is 17.0 Å². The summed E-state index contributed by atoms with van der Waals surface area (Å²) in [5.74, 6) is 0.876. The van der Waals surface area contributed by atoms with Crippen molar-refractivity contribution in [1.82, 2.24) is 9.88 Å². The fourth-order valence-corrected chi connectivity index (χ4v) is 4.14. The Morgan fingerprint density at radius 3 is 2.59 bits per heavy atom. The van der Waals surface area contributed by atoms with E-state index in [0.29, 0.717) is 16.4 Å². The van der Waals surface area contributed by atoms with E-state index in [9.17, 15) is 9.59 Å². The highest BCUT2D eigenvalue weighted by atomic mass is 32.1. The molecule has 2 heterocycles. The highest BCUT2D eigenvalue weighted by Gasteiger charge is 2.19. The van der Waals surface area contributed by atoms with Crippen molar-refractivity contribution in [2.24, 2.45) is 5.92 Å². The fourth-order valence-electron chi connectivity index (χ4n) is 3.14. The van der Waals surface area contributed by atoms with Crippen molar-refractivity contribution < 1.29 is 19.1 Å². The molecule has 0 unspecified atom stereocenters. The summed E-state index contributed by atoms with van der Waals surface area (Å²) < 4.78 is 9.72. The van der Waals surface area contributed by atoms with Crippen LogP contribution in [0.1, 0.15) is 47.6 Å². The van der Waals surface area contributed by atoms with E-state index in [1.54, 1.807) is 31.2 Å². The summed E-state index contributed by atoms with van der Waals surface area (Å²) in [6.07, 6.45) is 1.70. The molecule has 1 aliphatic heterocycles. The van der Waals surface area contributed by atoms with Crippen LogP contribution in [0.5, 0.6) is 5.75 Å². The van der Waals surface area contributed by atoms with Gasteiger partial charge in [-0.05, 0) is 70.0 Å². The van der Waals surface area contributed by atoms with Crippen LogP contribution in [0.4, 0.5) is 9.93 Å². The van der Waals surface area contributed by atoms with Crippen LogP contribution < -0.4 is 10.1 Å². The summed E-state index contributed by atoms with van der Waals surface area (Å²) in [6.45, 7) is 9.33. The molecule has 1 aliphatic rings. The Hall–Kier alpha value is -2.45. The van der Waals surface area contributed by atoms with Crippen molar-refractivity contribution in [3.05, 3.63) is 40.4 Å². The van der Waals surface area contributed by atoms with Gasteiger partial charge in [0.15, 0.2) is 5.13 Å². The lowest BCUT2D eigenvalue weighted by atomic mass is 9.99. The predicted molar refractivity (Wildman–Crippen MR) is 113 cm³/mol. The molecule has 7 nitrogen and oxygen atoms in total. The zero-order valence-electron chi connectivity index (χ0n) is 17.1. The van der Waals surface area contributed by atoms with Gasteiger partial charge in [-0.3, -0.25) is 15.0 Å². The van der Waals surface area contributed by atoms with Crippen molar-refractivity contribution in [3.8, 4) is 5.75 Å². The van der Waals surface area contributed by atoms with Crippen LogP contribution in [-0.4, -0.2) is 41.6 Å². The number of hydrogen-bond donors (Lipinski definition) is 1. The minimum Gasteiger partial charge on any atom is -0.434 e. The normalized spacial score (nSPS) is 15.1. The quantitative estimate of drug-likeness (QED) is 0.552. The van der Waals surface area contributed by atoms with Crippen LogP contribution in [0.15, 0.2) is 24.3 Å². The molecule has 0 aliphatic carbocycles. The Morgan fingerprint density at radius 1 is 1.24 bits per heavy atom. The van der Waals surface area contributed by atoms with E-state index in [1.807, 2.05) is 6.92 Å². The van der Waals surface area contributed by atoms with Gasteiger partial charge in [-0.2, -0.15) is 0 Å². The number of thiazole rings is 1. The first-order chi connectivity index (χ1) is 13.9. The van der Waals surface area contributed by atoms with Gasteiger partial charge >= 0.3 is 6.16 Å². The van der Waals surface area contributed by atoms with E-state index in [4.69, 9.17) is 9.47 Å². The largest absolute Gasteiger partial charge is 0.513 e. The average Bonchev–Trinajstić information content (AvgIpc) is 3.03. The molecule has 1 saturated heterocycles. The molecular formula is C21H27N3O4S. The molecule has 1 N–H and O–H groups in total. The fraction of sp³-hybridized carbons (Fsp3) is 0.476. The van der Waals surface area contributed by atoms with Crippen LogP contribution in [0.25, 0.3) is 0 Å². The van der Waals surface area contributed by atoms with E-state index in [-0.39, 0.29) is 12.5 Å². The first-order valence-corrected chi connectivity index (χ1v) is 10.7. The Balaban J connectivity index is 1.57. The monoisotopic (exact) mass is 417 g/mol. The zero-order chi connectivity index (χ0) is 20.8. The number of piperidine rings is 1. The lowest BCUT2D eigenvalue weighted by Gasteiger charge is -2.29. The Bertz CT molecular complexity index is 842. The van der Waals surface area contributed by atoms with Crippen molar-refractivity contribution in [2.45, 2.75) is 40.2 Å². The number of hydrogen-bond acceptors (Lipinski definition) is 7. The van der Waals surface area contributed by atoms with E-state index in [0.717, 1.165) is 31.2 Å². The van der Waals surface area contributed by atoms with E-state index < -0.39 is 6.16 Å². The molecule has 1 aromatic carbocycles. The van der Waals surface area contributed by atoms with Crippen molar-refractivity contribution in [3.63, 3.8) is 0 Å². The second-order valence-corrected chi connectivity index (χ2v) is 8.33. The molecule has 0 radical (unpaired) electrons. The van der Waals surface area contributed by atoms with Gasteiger partial charge in [-0.25, -0.2) is 9.78 Å². The number of rotatable bonds is 6. The van der Waals surface area contributed by atoms with Crippen LogP contribution in [0.3, 0.4) is 0 Å². The summed E-state index contributed by atoms with van der Waals surface area (Å²) in [4.78, 5) is 32.0. The second-order valence-electron chi connectivity index (χ2n) is 7.25.